The average molecular weight is 475 g/mol. The van der Waals surface area contributed by atoms with Gasteiger partial charge in [-0.05, 0) is 45.0 Å². The van der Waals surface area contributed by atoms with Crippen LogP contribution in [0, 0.1) is 18.6 Å². The van der Waals surface area contributed by atoms with Gasteiger partial charge >= 0.3 is 0 Å². The molecule has 0 radical (unpaired) electrons. The lowest BCUT2D eigenvalue weighted by atomic mass is 10.1. The maximum atomic E-state index is 14.9. The fraction of sp³-hybridized carbons (Fsp3) is 0.280. The number of rotatable bonds is 5. The SMILES string of the molecule is Cc1nc2c(F)cc(-c3nc(Nc4cc5ccn(C6CNC6)c5cn4)ncc3F)cc2n1C(C)C. The van der Waals surface area contributed by atoms with E-state index in [0.29, 0.717) is 28.8 Å². The number of hydrogen-bond acceptors (Lipinski definition) is 6. The number of anilines is 2. The van der Waals surface area contributed by atoms with Crippen LogP contribution in [0.25, 0.3) is 33.2 Å². The number of aromatic nitrogens is 6. The summed E-state index contributed by atoms with van der Waals surface area (Å²) in [5, 5.41) is 7.36. The van der Waals surface area contributed by atoms with E-state index in [9.17, 15) is 8.78 Å². The molecule has 0 saturated carbocycles. The van der Waals surface area contributed by atoms with E-state index >= 15 is 0 Å². The molecule has 0 aliphatic carbocycles. The molecule has 5 heterocycles. The van der Waals surface area contributed by atoms with Crippen LogP contribution in [0.4, 0.5) is 20.5 Å². The number of nitrogens with one attached hydrogen (secondary N) is 2. The zero-order valence-corrected chi connectivity index (χ0v) is 19.5. The number of benzene rings is 1. The molecule has 0 bridgehead atoms. The second-order valence-electron chi connectivity index (χ2n) is 9.13. The van der Waals surface area contributed by atoms with Gasteiger partial charge in [-0.3, -0.25) is 0 Å². The number of aryl methyl sites for hydroxylation is 1. The highest BCUT2D eigenvalue weighted by Crippen LogP contribution is 2.31. The van der Waals surface area contributed by atoms with Gasteiger partial charge in [0.2, 0.25) is 5.95 Å². The number of imidazole rings is 1. The molecule has 0 spiro atoms. The molecule has 4 aromatic heterocycles. The maximum absolute atomic E-state index is 14.9. The van der Waals surface area contributed by atoms with Crippen molar-refractivity contribution < 1.29 is 8.78 Å². The molecule has 0 unspecified atom stereocenters. The standard InChI is InChI=1S/C25H24F2N8/c1-13(2)35-14(3)31-24-18(26)6-16(7-20(24)35)23-19(27)11-30-25(33-23)32-22-8-15-4-5-34(17-9-28-10-17)21(15)12-29-22/h4-8,11-13,17,28H,9-10H2,1-3H3,(H,29,30,32,33). The van der Waals surface area contributed by atoms with E-state index in [-0.39, 0.29) is 23.2 Å². The quantitative estimate of drug-likeness (QED) is 0.377. The smallest absolute Gasteiger partial charge is 0.229 e. The van der Waals surface area contributed by atoms with Crippen molar-refractivity contribution in [1.82, 2.24) is 34.4 Å². The maximum Gasteiger partial charge on any atom is 0.229 e. The molecule has 0 amide bonds. The molecular formula is C25H24F2N8. The van der Waals surface area contributed by atoms with E-state index in [4.69, 9.17) is 0 Å². The largest absolute Gasteiger partial charge is 0.341 e. The van der Waals surface area contributed by atoms with Crippen molar-refractivity contribution in [2.75, 3.05) is 18.4 Å². The molecule has 5 aromatic rings. The molecule has 10 heteroatoms. The number of nitrogens with zero attached hydrogens (tertiary/aromatic N) is 6. The van der Waals surface area contributed by atoms with E-state index in [1.807, 2.05) is 37.5 Å². The molecule has 178 valence electrons. The van der Waals surface area contributed by atoms with Gasteiger partial charge in [0.15, 0.2) is 11.6 Å². The van der Waals surface area contributed by atoms with Crippen LogP contribution in [0.3, 0.4) is 0 Å². The Balaban J connectivity index is 1.36. The van der Waals surface area contributed by atoms with Crippen LogP contribution >= 0.6 is 0 Å². The van der Waals surface area contributed by atoms with Gasteiger partial charge in [0.05, 0.1) is 29.5 Å². The first-order valence-corrected chi connectivity index (χ1v) is 11.5. The molecule has 2 N–H and O–H groups in total. The van der Waals surface area contributed by atoms with Crippen LogP contribution < -0.4 is 10.6 Å². The minimum absolute atomic E-state index is 0.00201. The normalized spacial score (nSPS) is 14.2. The summed E-state index contributed by atoms with van der Waals surface area (Å²) >= 11 is 0. The Labute approximate surface area is 200 Å². The Kier molecular flexibility index (Phi) is 4.99. The van der Waals surface area contributed by atoms with Crippen LogP contribution in [-0.4, -0.2) is 42.2 Å². The van der Waals surface area contributed by atoms with Crippen molar-refractivity contribution in [3.05, 3.63) is 60.3 Å². The molecular weight excluding hydrogens is 450 g/mol. The second-order valence-corrected chi connectivity index (χ2v) is 9.13. The van der Waals surface area contributed by atoms with Gasteiger partial charge in [-0.1, -0.05) is 0 Å². The first-order chi connectivity index (χ1) is 16.9. The average Bonchev–Trinajstić information content (AvgIpc) is 3.34. The van der Waals surface area contributed by atoms with E-state index < -0.39 is 11.6 Å². The molecule has 6 rings (SSSR count). The highest BCUT2D eigenvalue weighted by Gasteiger charge is 2.21. The fourth-order valence-electron chi connectivity index (χ4n) is 4.71. The Morgan fingerprint density at radius 1 is 1.03 bits per heavy atom. The van der Waals surface area contributed by atoms with Crippen LogP contribution in [0.5, 0.6) is 0 Å². The van der Waals surface area contributed by atoms with Crippen molar-refractivity contribution in [3.63, 3.8) is 0 Å². The minimum atomic E-state index is -0.642. The van der Waals surface area contributed by atoms with E-state index in [2.05, 4.69) is 41.3 Å². The summed E-state index contributed by atoms with van der Waals surface area (Å²) in [7, 11) is 0. The summed E-state index contributed by atoms with van der Waals surface area (Å²) in [6.07, 6.45) is 4.94. The molecule has 1 aliphatic rings. The summed E-state index contributed by atoms with van der Waals surface area (Å²) in [6, 6.07) is 7.42. The van der Waals surface area contributed by atoms with Crippen molar-refractivity contribution >= 4 is 33.7 Å². The van der Waals surface area contributed by atoms with Crippen molar-refractivity contribution in [3.8, 4) is 11.3 Å². The van der Waals surface area contributed by atoms with Crippen LogP contribution in [0.2, 0.25) is 0 Å². The number of halogens is 2. The Bertz CT molecular complexity index is 1580. The third-order valence-electron chi connectivity index (χ3n) is 6.46. The molecule has 1 aliphatic heterocycles. The van der Waals surface area contributed by atoms with Crippen LogP contribution in [-0.2, 0) is 0 Å². The van der Waals surface area contributed by atoms with Gasteiger partial charge in [0.1, 0.15) is 22.9 Å². The predicted octanol–water partition coefficient (Wildman–Crippen LogP) is 4.90. The third-order valence-corrected chi connectivity index (χ3v) is 6.46. The Morgan fingerprint density at radius 2 is 1.86 bits per heavy atom. The summed E-state index contributed by atoms with van der Waals surface area (Å²) < 4.78 is 33.9. The predicted molar refractivity (Wildman–Crippen MR) is 131 cm³/mol. The zero-order chi connectivity index (χ0) is 24.3. The highest BCUT2D eigenvalue weighted by molar-refractivity contribution is 5.84. The monoisotopic (exact) mass is 474 g/mol. The van der Waals surface area contributed by atoms with Gasteiger partial charge in [0, 0.05) is 36.3 Å². The van der Waals surface area contributed by atoms with Crippen molar-refractivity contribution in [2.24, 2.45) is 0 Å². The van der Waals surface area contributed by atoms with Gasteiger partial charge in [-0.15, -0.1) is 0 Å². The number of pyridine rings is 1. The molecule has 35 heavy (non-hydrogen) atoms. The third kappa shape index (κ3) is 3.61. The minimum Gasteiger partial charge on any atom is -0.341 e. The molecule has 8 nitrogen and oxygen atoms in total. The summed E-state index contributed by atoms with van der Waals surface area (Å²) in [5.41, 5.74) is 2.22. The molecule has 1 aromatic carbocycles. The van der Waals surface area contributed by atoms with Gasteiger partial charge in [-0.2, -0.15) is 0 Å². The van der Waals surface area contributed by atoms with Gasteiger partial charge in [0.25, 0.3) is 0 Å². The van der Waals surface area contributed by atoms with Gasteiger partial charge in [-0.25, -0.2) is 28.7 Å². The summed E-state index contributed by atoms with van der Waals surface area (Å²) in [4.78, 5) is 17.3. The molecule has 1 saturated heterocycles. The Morgan fingerprint density at radius 3 is 2.60 bits per heavy atom. The Hall–Kier alpha value is -3.92. The van der Waals surface area contributed by atoms with E-state index in [0.717, 1.165) is 30.2 Å². The summed E-state index contributed by atoms with van der Waals surface area (Å²) in [6.45, 7) is 7.70. The van der Waals surface area contributed by atoms with Crippen molar-refractivity contribution in [1.29, 1.82) is 0 Å². The van der Waals surface area contributed by atoms with Gasteiger partial charge < -0.3 is 19.8 Å². The molecule has 0 atom stereocenters. The highest BCUT2D eigenvalue weighted by atomic mass is 19.1. The first-order valence-electron chi connectivity index (χ1n) is 11.5. The van der Waals surface area contributed by atoms with Crippen molar-refractivity contribution in [2.45, 2.75) is 32.9 Å². The van der Waals surface area contributed by atoms with E-state index in [1.165, 1.54) is 6.07 Å². The van der Waals surface area contributed by atoms with E-state index in [1.54, 1.807) is 12.3 Å². The number of fused-ring (bicyclic) bond motifs is 2. The zero-order valence-electron chi connectivity index (χ0n) is 19.5. The lowest BCUT2D eigenvalue weighted by Gasteiger charge is -2.29. The second kappa shape index (κ2) is 8.09. The number of hydrogen-bond donors (Lipinski definition) is 2. The first kappa shape index (κ1) is 21.6. The topological polar surface area (TPSA) is 85.5 Å². The lowest BCUT2D eigenvalue weighted by Crippen LogP contribution is -2.43. The molecule has 1 fully saturated rings. The fourth-order valence-corrected chi connectivity index (χ4v) is 4.71. The lowest BCUT2D eigenvalue weighted by molar-refractivity contribution is 0.352. The summed E-state index contributed by atoms with van der Waals surface area (Å²) in [5.74, 6) is 0.238. The van der Waals surface area contributed by atoms with Crippen LogP contribution in [0.15, 0.2) is 42.9 Å². The van der Waals surface area contributed by atoms with Crippen LogP contribution in [0.1, 0.15) is 31.8 Å².